The summed E-state index contributed by atoms with van der Waals surface area (Å²) >= 11 is 0. The Hall–Kier alpha value is -4.27. The molecule has 31 heavy (non-hydrogen) atoms. The summed E-state index contributed by atoms with van der Waals surface area (Å²) in [5, 5.41) is 15.4. The first-order valence-corrected chi connectivity index (χ1v) is 9.91. The fourth-order valence-electron chi connectivity index (χ4n) is 3.26. The van der Waals surface area contributed by atoms with Crippen LogP contribution in [-0.4, -0.2) is 36.1 Å². The molecule has 5 aromatic rings. The summed E-state index contributed by atoms with van der Waals surface area (Å²) < 4.78 is 5.37. The van der Waals surface area contributed by atoms with E-state index in [1.54, 1.807) is 6.26 Å². The molecule has 9 heteroatoms. The number of anilines is 1. The number of hydrogen-bond donors (Lipinski definition) is 2. The third-order valence-corrected chi connectivity index (χ3v) is 4.77. The number of furan rings is 1. The van der Waals surface area contributed by atoms with Gasteiger partial charge in [-0.1, -0.05) is 30.3 Å². The standard InChI is InChI=1S/C22H19N7O2/c30-20(9-4-12-29-27-21(26-28-29)15-6-2-1-3-7-15)23-16-10-11-17-18(14-16)25-22(24-17)19-8-5-13-31-19/h1-3,5-8,10-11,13-14H,4,9,12H2,(H,23,30)(H,24,25). The second-order valence-electron chi connectivity index (χ2n) is 7.02. The average Bonchev–Trinajstić information content (AvgIpc) is 3.54. The number of hydrogen-bond acceptors (Lipinski definition) is 6. The van der Waals surface area contributed by atoms with Crippen LogP contribution in [0.4, 0.5) is 5.69 Å². The minimum absolute atomic E-state index is 0.0754. The number of H-pyrrole nitrogens is 1. The fourth-order valence-corrected chi connectivity index (χ4v) is 3.26. The largest absolute Gasteiger partial charge is 0.461 e. The van der Waals surface area contributed by atoms with E-state index in [0.717, 1.165) is 16.6 Å². The number of benzene rings is 2. The molecule has 9 nitrogen and oxygen atoms in total. The average molecular weight is 413 g/mol. The first-order valence-electron chi connectivity index (χ1n) is 9.91. The highest BCUT2D eigenvalue weighted by Gasteiger charge is 2.10. The van der Waals surface area contributed by atoms with Gasteiger partial charge in [-0.05, 0) is 42.0 Å². The Morgan fingerprint density at radius 2 is 2.00 bits per heavy atom. The number of rotatable bonds is 7. The van der Waals surface area contributed by atoms with Crippen LogP contribution in [0.15, 0.2) is 71.3 Å². The molecule has 0 aliphatic heterocycles. The normalized spacial score (nSPS) is 11.1. The van der Waals surface area contributed by atoms with Crippen LogP contribution in [0.2, 0.25) is 0 Å². The number of carbonyl (C=O) groups is 1. The van der Waals surface area contributed by atoms with E-state index in [2.05, 4.69) is 30.7 Å². The van der Waals surface area contributed by atoms with Crippen molar-refractivity contribution in [1.29, 1.82) is 0 Å². The molecule has 0 aliphatic rings. The number of imidazole rings is 1. The lowest BCUT2D eigenvalue weighted by molar-refractivity contribution is -0.116. The van der Waals surface area contributed by atoms with Crippen molar-refractivity contribution in [3.05, 3.63) is 66.9 Å². The van der Waals surface area contributed by atoms with Gasteiger partial charge in [-0.15, -0.1) is 10.2 Å². The van der Waals surface area contributed by atoms with Gasteiger partial charge in [0.15, 0.2) is 11.6 Å². The molecule has 2 N–H and O–H groups in total. The van der Waals surface area contributed by atoms with Crippen LogP contribution in [0, 0.1) is 0 Å². The molecule has 0 bridgehead atoms. The molecule has 3 aromatic heterocycles. The molecule has 2 aromatic carbocycles. The van der Waals surface area contributed by atoms with Gasteiger partial charge in [-0.3, -0.25) is 4.79 Å². The topological polar surface area (TPSA) is 115 Å². The molecule has 154 valence electrons. The lowest BCUT2D eigenvalue weighted by Gasteiger charge is -2.05. The van der Waals surface area contributed by atoms with Gasteiger partial charge >= 0.3 is 0 Å². The molecular formula is C22H19N7O2. The molecule has 0 aliphatic carbocycles. The highest BCUT2D eigenvalue weighted by atomic mass is 16.3. The summed E-state index contributed by atoms with van der Waals surface area (Å²) in [4.78, 5) is 21.6. The van der Waals surface area contributed by atoms with Gasteiger partial charge in [-0.2, -0.15) is 4.80 Å². The molecule has 0 fully saturated rings. The van der Waals surface area contributed by atoms with E-state index in [9.17, 15) is 4.79 Å². The van der Waals surface area contributed by atoms with Gasteiger partial charge in [0.05, 0.1) is 23.8 Å². The number of amides is 1. The molecule has 3 heterocycles. The predicted molar refractivity (Wildman–Crippen MR) is 115 cm³/mol. The van der Waals surface area contributed by atoms with E-state index in [1.165, 1.54) is 4.80 Å². The summed E-state index contributed by atoms with van der Waals surface area (Å²) in [5.41, 5.74) is 3.24. The second-order valence-corrected chi connectivity index (χ2v) is 7.02. The Balaban J connectivity index is 1.16. The van der Waals surface area contributed by atoms with Gasteiger partial charge in [0.25, 0.3) is 0 Å². The molecule has 5 rings (SSSR count). The molecule has 0 saturated carbocycles. The third-order valence-electron chi connectivity index (χ3n) is 4.77. The van der Waals surface area contributed by atoms with Gasteiger partial charge in [0.1, 0.15) is 0 Å². The number of fused-ring (bicyclic) bond motifs is 1. The number of carbonyl (C=O) groups excluding carboxylic acids is 1. The Labute approximate surface area is 177 Å². The molecule has 0 spiro atoms. The zero-order valence-corrected chi connectivity index (χ0v) is 16.5. The molecule has 0 radical (unpaired) electrons. The van der Waals surface area contributed by atoms with Crippen molar-refractivity contribution < 1.29 is 9.21 Å². The highest BCUT2D eigenvalue weighted by molar-refractivity contribution is 5.93. The van der Waals surface area contributed by atoms with Crippen LogP contribution in [-0.2, 0) is 11.3 Å². The Morgan fingerprint density at radius 3 is 2.84 bits per heavy atom. The number of nitrogens with one attached hydrogen (secondary N) is 2. The summed E-state index contributed by atoms with van der Waals surface area (Å²) in [6, 6.07) is 18.9. The highest BCUT2D eigenvalue weighted by Crippen LogP contribution is 2.23. The molecule has 0 unspecified atom stereocenters. The Bertz CT molecular complexity index is 1310. The van der Waals surface area contributed by atoms with Gasteiger partial charge in [0.2, 0.25) is 11.7 Å². The van der Waals surface area contributed by atoms with Crippen LogP contribution in [0.3, 0.4) is 0 Å². The van der Waals surface area contributed by atoms with Crippen molar-refractivity contribution in [3.8, 4) is 23.0 Å². The lowest BCUT2D eigenvalue weighted by Crippen LogP contribution is -2.13. The van der Waals surface area contributed by atoms with Crippen molar-refractivity contribution in [2.45, 2.75) is 19.4 Å². The van der Waals surface area contributed by atoms with Crippen LogP contribution < -0.4 is 5.32 Å². The van der Waals surface area contributed by atoms with Crippen molar-refractivity contribution in [1.82, 2.24) is 30.2 Å². The van der Waals surface area contributed by atoms with Crippen LogP contribution in [0.5, 0.6) is 0 Å². The van der Waals surface area contributed by atoms with Crippen molar-refractivity contribution in [3.63, 3.8) is 0 Å². The Morgan fingerprint density at radius 1 is 1.10 bits per heavy atom. The van der Waals surface area contributed by atoms with E-state index in [-0.39, 0.29) is 5.91 Å². The van der Waals surface area contributed by atoms with Crippen molar-refractivity contribution in [2.24, 2.45) is 0 Å². The number of tetrazole rings is 1. The van der Waals surface area contributed by atoms with E-state index in [0.29, 0.717) is 42.5 Å². The van der Waals surface area contributed by atoms with Crippen molar-refractivity contribution in [2.75, 3.05) is 5.32 Å². The third kappa shape index (κ3) is 4.20. The molecule has 0 saturated heterocycles. The molecular weight excluding hydrogens is 394 g/mol. The predicted octanol–water partition coefficient (Wildman–Crippen LogP) is 3.90. The maximum absolute atomic E-state index is 12.3. The summed E-state index contributed by atoms with van der Waals surface area (Å²) in [5.74, 6) is 1.82. The zero-order valence-electron chi connectivity index (χ0n) is 16.5. The SMILES string of the molecule is O=C(CCCn1nnc(-c2ccccc2)n1)Nc1ccc2nc(-c3ccco3)[nH]c2c1. The van der Waals surface area contributed by atoms with E-state index in [4.69, 9.17) is 4.42 Å². The smallest absolute Gasteiger partial charge is 0.224 e. The van der Waals surface area contributed by atoms with Gasteiger partial charge < -0.3 is 14.7 Å². The maximum Gasteiger partial charge on any atom is 0.224 e. The van der Waals surface area contributed by atoms with Crippen LogP contribution in [0.25, 0.3) is 34.0 Å². The summed E-state index contributed by atoms with van der Waals surface area (Å²) in [6.45, 7) is 0.513. The van der Waals surface area contributed by atoms with E-state index in [1.807, 2.05) is 60.7 Å². The van der Waals surface area contributed by atoms with Crippen LogP contribution in [0.1, 0.15) is 12.8 Å². The van der Waals surface area contributed by atoms with Crippen molar-refractivity contribution >= 4 is 22.6 Å². The number of aryl methyl sites for hydroxylation is 1. The Kier molecular flexibility index (Phi) is 4.97. The monoisotopic (exact) mass is 413 g/mol. The lowest BCUT2D eigenvalue weighted by atomic mass is 10.2. The van der Waals surface area contributed by atoms with E-state index >= 15 is 0 Å². The van der Waals surface area contributed by atoms with Gasteiger partial charge in [0, 0.05) is 17.7 Å². The molecule has 1 amide bonds. The van der Waals surface area contributed by atoms with Crippen LogP contribution >= 0.6 is 0 Å². The summed E-state index contributed by atoms with van der Waals surface area (Å²) in [7, 11) is 0. The van der Waals surface area contributed by atoms with Gasteiger partial charge in [-0.25, -0.2) is 4.98 Å². The zero-order chi connectivity index (χ0) is 21.0. The van der Waals surface area contributed by atoms with E-state index < -0.39 is 0 Å². The first-order chi connectivity index (χ1) is 15.2. The first kappa shape index (κ1) is 18.7. The fraction of sp³-hybridized carbons (Fsp3) is 0.136. The number of aromatic nitrogens is 6. The maximum atomic E-state index is 12.3. The second kappa shape index (κ2) is 8.23. The molecule has 0 atom stereocenters. The number of aromatic amines is 1. The quantitative estimate of drug-likeness (QED) is 0.418. The number of nitrogens with zero attached hydrogens (tertiary/aromatic N) is 5. The summed E-state index contributed by atoms with van der Waals surface area (Å²) in [6.07, 6.45) is 2.55. The minimum atomic E-state index is -0.0754. The minimum Gasteiger partial charge on any atom is -0.461 e.